The fourth-order valence-electron chi connectivity index (χ4n) is 1.90. The maximum Gasteiger partial charge on any atom is 0.162 e. The van der Waals surface area contributed by atoms with E-state index in [0.29, 0.717) is 5.39 Å². The largest absolute Gasteiger partial charge is 0.496 e. The highest BCUT2D eigenvalue weighted by molar-refractivity contribution is 8.08. The third kappa shape index (κ3) is 2.23. The third-order valence-electron chi connectivity index (χ3n) is 2.87. The molecule has 2 aromatic carbocycles. The van der Waals surface area contributed by atoms with Gasteiger partial charge in [0.15, 0.2) is 9.81 Å². The summed E-state index contributed by atoms with van der Waals surface area (Å²) in [6.07, 6.45) is 0. The molecule has 0 atom stereocenters. The fourth-order valence-corrected chi connectivity index (χ4v) is 2.58. The second-order valence-corrected chi connectivity index (χ2v) is 6.51. The fraction of sp³-hybridized carbons (Fsp3) is 0.167. The van der Waals surface area contributed by atoms with E-state index in [-0.39, 0.29) is 4.90 Å². The number of hydrogen-bond acceptors (Lipinski definition) is 2. The highest BCUT2D eigenvalue weighted by atomic mass is 32.3. The lowest BCUT2D eigenvalue weighted by Crippen LogP contribution is -2.41. The number of fused-ring (bicyclic) bond motifs is 1. The van der Waals surface area contributed by atoms with Gasteiger partial charge in [-0.3, -0.25) is 9.11 Å². The van der Waals surface area contributed by atoms with Gasteiger partial charge in [0.05, 0.1) is 12.0 Å². The Morgan fingerprint density at radius 1 is 1.22 bits per heavy atom. The Morgan fingerprint density at radius 2 is 1.89 bits per heavy atom. The Kier molecular flexibility index (Phi) is 2.71. The minimum atomic E-state index is -5.19. The lowest BCUT2D eigenvalue weighted by atomic mass is 10.0. The van der Waals surface area contributed by atoms with Gasteiger partial charge in [-0.05, 0) is 41.5 Å². The van der Waals surface area contributed by atoms with Crippen LogP contribution in [0.5, 0.6) is 5.75 Å². The van der Waals surface area contributed by atoms with Gasteiger partial charge in [0.25, 0.3) is 0 Å². The molecule has 98 valence electrons. The van der Waals surface area contributed by atoms with Crippen molar-refractivity contribution in [3.63, 3.8) is 0 Å². The van der Waals surface area contributed by atoms with Crippen LogP contribution in [-0.2, 0) is 9.81 Å². The molecule has 5 nitrogen and oxygen atoms in total. The molecule has 0 bridgehead atoms. The zero-order valence-corrected chi connectivity index (χ0v) is 10.9. The van der Waals surface area contributed by atoms with Gasteiger partial charge in [-0.1, -0.05) is 12.1 Å². The highest BCUT2D eigenvalue weighted by Crippen LogP contribution is 2.31. The summed E-state index contributed by atoms with van der Waals surface area (Å²) >= 11 is 0. The van der Waals surface area contributed by atoms with Crippen molar-refractivity contribution >= 4 is 20.6 Å². The van der Waals surface area contributed by atoms with E-state index in [9.17, 15) is 13.3 Å². The van der Waals surface area contributed by atoms with Crippen molar-refractivity contribution < 1.29 is 18.1 Å². The van der Waals surface area contributed by atoms with E-state index < -0.39 is 9.81 Å². The van der Waals surface area contributed by atoms with E-state index in [1.165, 1.54) is 12.1 Å². The molecule has 0 spiro atoms. The van der Waals surface area contributed by atoms with Crippen LogP contribution in [0.1, 0.15) is 5.56 Å². The lowest BCUT2D eigenvalue weighted by Gasteiger charge is -2.25. The molecule has 0 saturated heterocycles. The second-order valence-electron chi connectivity index (χ2n) is 4.20. The van der Waals surface area contributed by atoms with E-state index in [1.54, 1.807) is 25.3 Å². The molecular weight excluding hydrogens is 254 g/mol. The van der Waals surface area contributed by atoms with E-state index in [1.807, 2.05) is 6.92 Å². The molecule has 0 aliphatic heterocycles. The Hall–Kier alpha value is -1.47. The molecule has 0 aliphatic carbocycles. The molecule has 4 N–H and O–H groups in total. The van der Waals surface area contributed by atoms with Gasteiger partial charge in [0.2, 0.25) is 0 Å². The molecule has 0 radical (unpaired) electrons. The van der Waals surface area contributed by atoms with E-state index >= 15 is 0 Å². The summed E-state index contributed by atoms with van der Waals surface area (Å²) in [5.41, 5.74) is 0.915. The third-order valence-corrected chi connectivity index (χ3v) is 4.01. The van der Waals surface area contributed by atoms with Gasteiger partial charge in [-0.2, -0.15) is 0 Å². The molecule has 0 amide bonds. The molecule has 0 heterocycles. The van der Waals surface area contributed by atoms with Crippen LogP contribution in [0.15, 0.2) is 35.2 Å². The van der Waals surface area contributed by atoms with Crippen LogP contribution in [0.2, 0.25) is 0 Å². The standard InChI is InChI=1S/C12H15NO4S/c1-8-11-5-4-10(18(13,14,15)16)7-9(11)3-6-12(8)17-2/h3-7H,1-2H3,(H4,13,14,15,16). The Morgan fingerprint density at radius 3 is 2.44 bits per heavy atom. The van der Waals surface area contributed by atoms with Crippen LogP contribution in [0.25, 0.3) is 10.8 Å². The van der Waals surface area contributed by atoms with Crippen molar-refractivity contribution in [1.29, 1.82) is 0 Å². The van der Waals surface area contributed by atoms with Gasteiger partial charge in [0.1, 0.15) is 5.75 Å². The number of aryl methyl sites for hydroxylation is 1. The van der Waals surface area contributed by atoms with Crippen molar-refractivity contribution in [2.75, 3.05) is 7.11 Å². The number of hydrogen-bond donors (Lipinski definition) is 3. The number of ether oxygens (including phenoxy) is 1. The van der Waals surface area contributed by atoms with E-state index in [2.05, 4.69) is 0 Å². The summed E-state index contributed by atoms with van der Waals surface area (Å²) in [5.74, 6) is 0.730. The first-order valence-electron chi connectivity index (χ1n) is 5.23. The first-order valence-corrected chi connectivity index (χ1v) is 7.18. The van der Waals surface area contributed by atoms with Crippen molar-refractivity contribution in [2.24, 2.45) is 5.14 Å². The van der Waals surface area contributed by atoms with Gasteiger partial charge in [-0.25, -0.2) is 9.35 Å². The van der Waals surface area contributed by atoms with Gasteiger partial charge in [-0.15, -0.1) is 0 Å². The molecule has 0 fully saturated rings. The Balaban J connectivity index is 2.73. The first-order chi connectivity index (χ1) is 8.19. The van der Waals surface area contributed by atoms with Crippen LogP contribution in [0, 0.1) is 6.92 Å². The van der Waals surface area contributed by atoms with E-state index in [0.717, 1.165) is 16.7 Å². The number of rotatable bonds is 2. The Bertz CT molecular complexity index is 679. The zero-order chi connectivity index (χ0) is 13.6. The molecule has 2 rings (SSSR count). The first kappa shape index (κ1) is 13.0. The van der Waals surface area contributed by atoms with Crippen LogP contribution in [-0.4, -0.2) is 20.4 Å². The van der Waals surface area contributed by atoms with Crippen LogP contribution in [0.4, 0.5) is 0 Å². The molecule has 2 aromatic rings. The van der Waals surface area contributed by atoms with Crippen molar-refractivity contribution in [3.8, 4) is 5.75 Å². The monoisotopic (exact) mass is 269 g/mol. The average Bonchev–Trinajstić information content (AvgIpc) is 2.27. The second kappa shape index (κ2) is 3.76. The summed E-state index contributed by atoms with van der Waals surface area (Å²) in [6.45, 7) is 1.89. The lowest BCUT2D eigenvalue weighted by molar-refractivity contribution is 0.391. The van der Waals surface area contributed by atoms with Gasteiger partial charge >= 0.3 is 0 Å². The smallest absolute Gasteiger partial charge is 0.162 e. The zero-order valence-electron chi connectivity index (χ0n) is 10.1. The van der Waals surface area contributed by atoms with Crippen molar-refractivity contribution in [3.05, 3.63) is 35.9 Å². The molecule has 18 heavy (non-hydrogen) atoms. The molecular formula is C12H15NO4S. The number of nitrogens with two attached hydrogens (primary N) is 1. The van der Waals surface area contributed by atoms with Crippen LogP contribution >= 0.6 is 0 Å². The Labute approximate surface area is 105 Å². The quantitative estimate of drug-likeness (QED) is 0.778. The molecule has 0 saturated carbocycles. The SMILES string of the molecule is COc1ccc2cc(S(N)(=O)(O)O)ccc2c1C. The maximum absolute atomic E-state index is 11.5. The summed E-state index contributed by atoms with van der Waals surface area (Å²) in [6, 6.07) is 7.86. The van der Waals surface area contributed by atoms with Crippen LogP contribution < -0.4 is 9.88 Å². The van der Waals surface area contributed by atoms with Crippen molar-refractivity contribution in [2.45, 2.75) is 11.8 Å². The maximum atomic E-state index is 11.5. The topological polar surface area (TPSA) is 92.8 Å². The molecule has 0 aromatic heterocycles. The average molecular weight is 269 g/mol. The summed E-state index contributed by atoms with van der Waals surface area (Å²) in [4.78, 5) is -0.205. The normalized spacial score (nSPS) is 14.2. The van der Waals surface area contributed by atoms with Crippen LogP contribution in [0.3, 0.4) is 0 Å². The van der Waals surface area contributed by atoms with E-state index in [4.69, 9.17) is 9.88 Å². The predicted molar refractivity (Wildman–Crippen MR) is 71.1 cm³/mol. The van der Waals surface area contributed by atoms with Gasteiger partial charge < -0.3 is 4.74 Å². The summed E-state index contributed by atoms with van der Waals surface area (Å²) in [5, 5.41) is 6.60. The highest BCUT2D eigenvalue weighted by Gasteiger charge is 2.26. The molecule has 0 aliphatic rings. The molecule has 0 unspecified atom stereocenters. The summed E-state index contributed by atoms with van der Waals surface area (Å²) in [7, 11) is -3.61. The number of methoxy groups -OCH3 is 1. The van der Waals surface area contributed by atoms with Gasteiger partial charge in [0, 0.05) is 0 Å². The van der Waals surface area contributed by atoms with Crippen molar-refractivity contribution in [1.82, 2.24) is 0 Å². The predicted octanol–water partition coefficient (Wildman–Crippen LogP) is 2.16. The number of benzene rings is 2. The molecule has 6 heteroatoms. The minimum Gasteiger partial charge on any atom is -0.496 e. The minimum absolute atomic E-state index is 0.205. The summed E-state index contributed by atoms with van der Waals surface area (Å²) < 4.78 is 35.4.